The highest BCUT2D eigenvalue weighted by molar-refractivity contribution is 9.12. The third-order valence-corrected chi connectivity index (χ3v) is 4.92. The molecule has 0 radical (unpaired) electrons. The summed E-state index contributed by atoms with van der Waals surface area (Å²) < 4.78 is 2.18. The number of nitrogens with two attached hydrogens (primary N) is 1. The van der Waals surface area contributed by atoms with Crippen LogP contribution >= 0.6 is 43.2 Å². The molecule has 0 amide bonds. The van der Waals surface area contributed by atoms with Crippen molar-refractivity contribution in [3.8, 4) is 0 Å². The molecule has 2 aromatic rings. The van der Waals surface area contributed by atoms with Crippen LogP contribution in [0.3, 0.4) is 0 Å². The number of thiophene rings is 1. The van der Waals surface area contributed by atoms with Crippen LogP contribution in [0.4, 0.5) is 0 Å². The molecular weight excluding hydrogens is 364 g/mol. The smallest absolute Gasteiger partial charge is 0.0762 e. The fourth-order valence-electron chi connectivity index (χ4n) is 1.77. The number of benzene rings is 1. The molecule has 0 saturated carbocycles. The van der Waals surface area contributed by atoms with Crippen molar-refractivity contribution in [2.75, 3.05) is 0 Å². The lowest BCUT2D eigenvalue weighted by molar-refractivity contribution is 0.636. The lowest BCUT2D eigenvalue weighted by Gasteiger charge is -2.16. The zero-order valence-corrected chi connectivity index (χ0v) is 13.2. The summed E-state index contributed by atoms with van der Waals surface area (Å²) in [6.45, 7) is 2.08. The van der Waals surface area contributed by atoms with Crippen LogP contribution in [0.25, 0.3) is 0 Å². The van der Waals surface area contributed by atoms with Crippen molar-refractivity contribution in [1.29, 1.82) is 0 Å². The number of halogens is 2. The van der Waals surface area contributed by atoms with Crippen molar-refractivity contribution < 1.29 is 0 Å². The second kappa shape index (κ2) is 5.63. The largest absolute Gasteiger partial charge is 0.271 e. The average molecular weight is 376 g/mol. The van der Waals surface area contributed by atoms with Gasteiger partial charge in [-0.1, -0.05) is 29.8 Å². The van der Waals surface area contributed by atoms with Gasteiger partial charge in [0.1, 0.15) is 0 Å². The molecule has 0 aliphatic heterocycles. The van der Waals surface area contributed by atoms with E-state index in [1.807, 2.05) is 6.07 Å². The number of hydrazine groups is 1. The Morgan fingerprint density at radius 3 is 2.59 bits per heavy atom. The molecule has 1 unspecified atom stereocenters. The topological polar surface area (TPSA) is 38.0 Å². The zero-order valence-electron chi connectivity index (χ0n) is 9.21. The second-order valence-electron chi connectivity index (χ2n) is 3.79. The van der Waals surface area contributed by atoms with E-state index < -0.39 is 0 Å². The Bertz CT molecular complexity index is 525. The molecule has 0 saturated heterocycles. The van der Waals surface area contributed by atoms with Crippen LogP contribution in [-0.4, -0.2) is 0 Å². The van der Waals surface area contributed by atoms with Gasteiger partial charge in [0.25, 0.3) is 0 Å². The first-order valence-corrected chi connectivity index (χ1v) is 7.49. The summed E-state index contributed by atoms with van der Waals surface area (Å²) in [5, 5.41) is 0. The minimum atomic E-state index is 0.00632. The molecule has 2 nitrogen and oxygen atoms in total. The molecule has 1 atom stereocenters. The van der Waals surface area contributed by atoms with Crippen LogP contribution in [0.5, 0.6) is 0 Å². The molecule has 17 heavy (non-hydrogen) atoms. The number of nitrogens with one attached hydrogen (secondary N) is 1. The third-order valence-electron chi connectivity index (χ3n) is 2.54. The first-order valence-electron chi connectivity index (χ1n) is 5.09. The fraction of sp³-hybridized carbons (Fsp3) is 0.167. The van der Waals surface area contributed by atoms with Crippen LogP contribution in [0.15, 0.2) is 37.9 Å². The zero-order chi connectivity index (χ0) is 12.4. The quantitative estimate of drug-likeness (QED) is 0.625. The molecule has 1 heterocycles. The SMILES string of the molecule is Cc1cccc(C(NN)c2cc(Br)sc2Br)c1. The highest BCUT2D eigenvalue weighted by atomic mass is 79.9. The lowest BCUT2D eigenvalue weighted by atomic mass is 10.0. The molecule has 5 heteroatoms. The molecular formula is C12H12Br2N2S. The van der Waals surface area contributed by atoms with Crippen LogP contribution in [0, 0.1) is 6.92 Å². The van der Waals surface area contributed by atoms with Gasteiger partial charge >= 0.3 is 0 Å². The maximum atomic E-state index is 5.68. The minimum Gasteiger partial charge on any atom is -0.271 e. The van der Waals surface area contributed by atoms with Crippen LogP contribution in [0.1, 0.15) is 22.7 Å². The predicted molar refractivity (Wildman–Crippen MR) is 80.1 cm³/mol. The van der Waals surface area contributed by atoms with Gasteiger partial charge in [-0.05, 0) is 50.4 Å². The summed E-state index contributed by atoms with van der Waals surface area (Å²) in [4.78, 5) is 0. The van der Waals surface area contributed by atoms with Crippen LogP contribution in [-0.2, 0) is 0 Å². The maximum Gasteiger partial charge on any atom is 0.0762 e. The van der Waals surface area contributed by atoms with E-state index in [1.54, 1.807) is 11.3 Å². The van der Waals surface area contributed by atoms with Crippen molar-refractivity contribution in [3.63, 3.8) is 0 Å². The van der Waals surface area contributed by atoms with Gasteiger partial charge in [0, 0.05) is 5.56 Å². The van der Waals surface area contributed by atoms with E-state index in [1.165, 1.54) is 11.1 Å². The van der Waals surface area contributed by atoms with Gasteiger partial charge in [-0.15, -0.1) is 11.3 Å². The minimum absolute atomic E-state index is 0.00632. The van der Waals surface area contributed by atoms with Gasteiger partial charge < -0.3 is 0 Å². The number of hydrogen-bond donors (Lipinski definition) is 2. The molecule has 1 aromatic carbocycles. The number of aryl methyl sites for hydroxylation is 1. The molecule has 0 aliphatic rings. The summed E-state index contributed by atoms with van der Waals surface area (Å²) in [5.74, 6) is 5.68. The van der Waals surface area contributed by atoms with E-state index >= 15 is 0 Å². The first kappa shape index (κ1) is 13.2. The van der Waals surface area contributed by atoms with Gasteiger partial charge in [-0.3, -0.25) is 5.84 Å². The highest BCUT2D eigenvalue weighted by Crippen LogP contribution is 2.37. The molecule has 0 fully saturated rings. The molecule has 1 aromatic heterocycles. The average Bonchev–Trinajstić information content (AvgIpc) is 2.59. The Morgan fingerprint density at radius 1 is 1.29 bits per heavy atom. The summed E-state index contributed by atoms with van der Waals surface area (Å²) >= 11 is 8.70. The van der Waals surface area contributed by atoms with Gasteiger partial charge in [0.05, 0.1) is 13.6 Å². The standard InChI is InChI=1S/C12H12Br2N2S/c1-7-3-2-4-8(5-7)11(16-15)9-6-10(13)17-12(9)14/h2-6,11,16H,15H2,1H3. The molecule has 0 aliphatic carbocycles. The van der Waals surface area contributed by atoms with Crippen LogP contribution < -0.4 is 11.3 Å². The Kier molecular flexibility index (Phi) is 4.38. The molecule has 90 valence electrons. The summed E-state index contributed by atoms with van der Waals surface area (Å²) in [6.07, 6.45) is 0. The van der Waals surface area contributed by atoms with Crippen LogP contribution in [0.2, 0.25) is 0 Å². The van der Waals surface area contributed by atoms with Crippen molar-refractivity contribution in [2.24, 2.45) is 5.84 Å². The van der Waals surface area contributed by atoms with Crippen molar-refractivity contribution >= 4 is 43.2 Å². The Balaban J connectivity index is 2.43. The number of rotatable bonds is 3. The maximum absolute atomic E-state index is 5.68. The summed E-state index contributed by atoms with van der Waals surface area (Å²) in [7, 11) is 0. The fourth-order valence-corrected chi connectivity index (χ4v) is 4.67. The second-order valence-corrected chi connectivity index (χ2v) is 7.54. The van der Waals surface area contributed by atoms with Gasteiger partial charge in [0.15, 0.2) is 0 Å². The lowest BCUT2D eigenvalue weighted by Crippen LogP contribution is -2.28. The van der Waals surface area contributed by atoms with Gasteiger partial charge in [-0.2, -0.15) is 0 Å². The summed E-state index contributed by atoms with van der Waals surface area (Å²) in [6, 6.07) is 10.4. The molecule has 0 bridgehead atoms. The van der Waals surface area contributed by atoms with E-state index in [0.717, 1.165) is 13.1 Å². The Morgan fingerprint density at radius 2 is 2.06 bits per heavy atom. The Labute approximate surface area is 121 Å². The van der Waals surface area contributed by atoms with E-state index in [2.05, 4.69) is 68.5 Å². The summed E-state index contributed by atoms with van der Waals surface area (Å²) in [5.41, 5.74) is 6.42. The Hall–Kier alpha value is -0.200. The predicted octanol–water partition coefficient (Wildman–Crippen LogP) is 4.13. The first-order chi connectivity index (χ1) is 8.11. The molecule has 0 spiro atoms. The molecule has 2 rings (SSSR count). The van der Waals surface area contributed by atoms with E-state index in [4.69, 9.17) is 5.84 Å². The van der Waals surface area contributed by atoms with Crippen molar-refractivity contribution in [1.82, 2.24) is 5.43 Å². The van der Waals surface area contributed by atoms with E-state index in [-0.39, 0.29) is 6.04 Å². The third kappa shape index (κ3) is 2.98. The highest BCUT2D eigenvalue weighted by Gasteiger charge is 2.17. The monoisotopic (exact) mass is 374 g/mol. The van der Waals surface area contributed by atoms with E-state index in [0.29, 0.717) is 0 Å². The van der Waals surface area contributed by atoms with Gasteiger partial charge in [-0.25, -0.2) is 5.43 Å². The molecule has 3 N–H and O–H groups in total. The van der Waals surface area contributed by atoms with Crippen molar-refractivity contribution in [3.05, 3.63) is 54.6 Å². The normalized spacial score (nSPS) is 12.7. The van der Waals surface area contributed by atoms with E-state index in [9.17, 15) is 0 Å². The number of hydrogen-bond acceptors (Lipinski definition) is 3. The van der Waals surface area contributed by atoms with Gasteiger partial charge in [0.2, 0.25) is 0 Å². The van der Waals surface area contributed by atoms with Crippen molar-refractivity contribution in [2.45, 2.75) is 13.0 Å².